The van der Waals surface area contributed by atoms with Crippen LogP contribution in [0.4, 0.5) is 8.78 Å². The van der Waals surface area contributed by atoms with Crippen molar-refractivity contribution in [1.29, 1.82) is 0 Å². The van der Waals surface area contributed by atoms with Crippen LogP contribution in [-0.4, -0.2) is 48.1 Å². The highest BCUT2D eigenvalue weighted by molar-refractivity contribution is 7.98. The summed E-state index contributed by atoms with van der Waals surface area (Å²) in [6.07, 6.45) is 3.88. The summed E-state index contributed by atoms with van der Waals surface area (Å²) in [5.74, 6) is -0.595. The van der Waals surface area contributed by atoms with Gasteiger partial charge in [-0.05, 0) is 61.4 Å². The maximum absolute atomic E-state index is 14.2. The lowest BCUT2D eigenvalue weighted by Crippen LogP contribution is -2.39. The Morgan fingerprint density at radius 1 is 1.14 bits per heavy atom. The van der Waals surface area contributed by atoms with Crippen molar-refractivity contribution in [3.8, 4) is 0 Å². The summed E-state index contributed by atoms with van der Waals surface area (Å²) >= 11 is 1.34. The molecule has 188 valence electrons. The standard InChI is InChI=1S/C25H29F2N3O3S2/c1-17-4-2-10-29(14-17)35(31,32)21-8-9-24-23(13-21)28-25(30(24)15-20-5-3-11-33-20)34-16-18-6-7-19(26)12-22(18)27/h6-9,12-13,17,20H,2-5,10-11,14-16H2,1H3/t17-,20-/m1/s1. The summed E-state index contributed by atoms with van der Waals surface area (Å²) in [6.45, 7) is 4.43. The molecular weight excluding hydrogens is 492 g/mol. The van der Waals surface area contributed by atoms with Gasteiger partial charge >= 0.3 is 0 Å². The van der Waals surface area contributed by atoms with Crippen molar-refractivity contribution in [1.82, 2.24) is 13.9 Å². The quantitative estimate of drug-likeness (QED) is 0.400. The van der Waals surface area contributed by atoms with E-state index in [9.17, 15) is 17.2 Å². The van der Waals surface area contributed by atoms with E-state index in [1.807, 2.05) is 4.57 Å². The van der Waals surface area contributed by atoms with Crippen LogP contribution in [-0.2, 0) is 27.1 Å². The second-order valence-electron chi connectivity index (χ2n) is 9.43. The highest BCUT2D eigenvalue weighted by Gasteiger charge is 2.29. The average Bonchev–Trinajstić information content (AvgIpc) is 3.46. The smallest absolute Gasteiger partial charge is 0.243 e. The lowest BCUT2D eigenvalue weighted by Gasteiger charge is -2.30. The first-order chi connectivity index (χ1) is 16.8. The Bertz CT molecular complexity index is 1320. The van der Waals surface area contributed by atoms with E-state index >= 15 is 0 Å². The van der Waals surface area contributed by atoms with Crippen molar-refractivity contribution >= 4 is 32.8 Å². The number of benzene rings is 2. The van der Waals surface area contributed by atoms with E-state index in [1.54, 1.807) is 22.5 Å². The number of hydrogen-bond acceptors (Lipinski definition) is 5. The fourth-order valence-corrected chi connectivity index (χ4v) is 7.45. The number of piperidine rings is 1. The molecular formula is C25H29F2N3O3S2. The molecule has 0 unspecified atom stereocenters. The third-order valence-electron chi connectivity index (χ3n) is 6.72. The third-order valence-corrected chi connectivity index (χ3v) is 9.61. The molecule has 0 radical (unpaired) electrons. The number of fused-ring (bicyclic) bond motifs is 1. The van der Waals surface area contributed by atoms with Gasteiger partial charge in [-0.15, -0.1) is 0 Å². The summed E-state index contributed by atoms with van der Waals surface area (Å²) in [7, 11) is -3.61. The monoisotopic (exact) mass is 521 g/mol. The molecule has 2 aromatic carbocycles. The molecule has 10 heteroatoms. The number of ether oxygens (including phenoxy) is 1. The van der Waals surface area contributed by atoms with Crippen LogP contribution in [0.5, 0.6) is 0 Å². The zero-order valence-electron chi connectivity index (χ0n) is 19.6. The predicted octanol–water partition coefficient (Wildman–Crippen LogP) is 5.21. The molecule has 0 amide bonds. The second kappa shape index (κ2) is 10.2. The number of halogens is 2. The average molecular weight is 522 g/mol. The van der Waals surface area contributed by atoms with E-state index in [4.69, 9.17) is 9.72 Å². The minimum Gasteiger partial charge on any atom is -0.376 e. The predicted molar refractivity (Wildman–Crippen MR) is 132 cm³/mol. The molecule has 5 rings (SSSR count). The first kappa shape index (κ1) is 24.7. The highest BCUT2D eigenvalue weighted by Crippen LogP contribution is 2.32. The largest absolute Gasteiger partial charge is 0.376 e. The Morgan fingerprint density at radius 3 is 2.74 bits per heavy atom. The first-order valence-corrected chi connectivity index (χ1v) is 14.4. The maximum atomic E-state index is 14.2. The normalized spacial score (nSPS) is 21.7. The number of thioether (sulfide) groups is 1. The van der Waals surface area contributed by atoms with Crippen molar-refractivity contribution in [2.45, 2.75) is 61.1 Å². The van der Waals surface area contributed by atoms with Gasteiger partial charge in [0.2, 0.25) is 10.0 Å². The first-order valence-electron chi connectivity index (χ1n) is 12.0. The molecule has 3 aromatic rings. The van der Waals surface area contributed by atoms with Crippen molar-refractivity contribution in [3.63, 3.8) is 0 Å². The van der Waals surface area contributed by atoms with Crippen LogP contribution in [0.25, 0.3) is 11.0 Å². The fraction of sp³-hybridized carbons (Fsp3) is 0.480. The third kappa shape index (κ3) is 5.26. The molecule has 3 heterocycles. The van der Waals surface area contributed by atoms with Gasteiger partial charge in [-0.25, -0.2) is 22.2 Å². The number of aromatic nitrogens is 2. The molecule has 1 aromatic heterocycles. The Balaban J connectivity index is 1.47. The van der Waals surface area contributed by atoms with Gasteiger partial charge in [-0.3, -0.25) is 0 Å². The Labute approximate surface area is 208 Å². The van der Waals surface area contributed by atoms with Crippen molar-refractivity contribution in [2.75, 3.05) is 19.7 Å². The van der Waals surface area contributed by atoms with Crippen LogP contribution in [0.15, 0.2) is 46.5 Å². The fourth-order valence-electron chi connectivity index (χ4n) is 4.82. The SMILES string of the molecule is C[C@@H]1CCCN(S(=O)(=O)c2ccc3c(c2)nc(SCc2ccc(F)cc2F)n3C[C@H]2CCCO2)C1. The van der Waals surface area contributed by atoms with Crippen molar-refractivity contribution in [3.05, 3.63) is 53.6 Å². The molecule has 0 saturated carbocycles. The number of hydrogen-bond donors (Lipinski definition) is 0. The number of imidazole rings is 1. The lowest BCUT2D eigenvalue weighted by atomic mass is 10.0. The summed E-state index contributed by atoms with van der Waals surface area (Å²) in [6, 6.07) is 8.66. The van der Waals surface area contributed by atoms with Gasteiger partial charge < -0.3 is 9.30 Å². The van der Waals surface area contributed by atoms with Crippen LogP contribution in [0.2, 0.25) is 0 Å². The van der Waals surface area contributed by atoms with Crippen LogP contribution in [0.1, 0.15) is 38.2 Å². The molecule has 0 N–H and O–H groups in total. The van der Waals surface area contributed by atoms with Gasteiger partial charge in [-0.2, -0.15) is 4.31 Å². The number of sulfonamides is 1. The summed E-state index contributed by atoms with van der Waals surface area (Å²) in [4.78, 5) is 4.98. The lowest BCUT2D eigenvalue weighted by molar-refractivity contribution is 0.0960. The van der Waals surface area contributed by atoms with Gasteiger partial charge in [0, 0.05) is 31.5 Å². The summed E-state index contributed by atoms with van der Waals surface area (Å²) < 4.78 is 63.6. The van der Waals surface area contributed by atoms with Gasteiger partial charge in [-0.1, -0.05) is 24.8 Å². The number of nitrogens with zero attached hydrogens (tertiary/aromatic N) is 3. The topological polar surface area (TPSA) is 64.4 Å². The summed E-state index contributed by atoms with van der Waals surface area (Å²) in [5.41, 5.74) is 1.78. The van der Waals surface area contributed by atoms with Crippen LogP contribution < -0.4 is 0 Å². The number of rotatable bonds is 7. The molecule has 35 heavy (non-hydrogen) atoms. The molecule has 2 aliphatic heterocycles. The molecule has 0 bridgehead atoms. The van der Waals surface area contributed by atoms with Gasteiger partial charge in [0.1, 0.15) is 11.6 Å². The molecule has 2 aliphatic rings. The van der Waals surface area contributed by atoms with Crippen LogP contribution >= 0.6 is 11.8 Å². The summed E-state index contributed by atoms with van der Waals surface area (Å²) in [5, 5.41) is 0.653. The van der Waals surface area contributed by atoms with Gasteiger partial charge in [0.15, 0.2) is 5.16 Å². The van der Waals surface area contributed by atoms with Crippen molar-refractivity contribution < 1.29 is 21.9 Å². The van der Waals surface area contributed by atoms with Gasteiger partial charge in [0.25, 0.3) is 0 Å². The Hall–Kier alpha value is -2.01. The molecule has 0 spiro atoms. The van der Waals surface area contributed by atoms with E-state index in [0.29, 0.717) is 41.8 Å². The second-order valence-corrected chi connectivity index (χ2v) is 12.3. The van der Waals surface area contributed by atoms with Gasteiger partial charge in [0.05, 0.1) is 28.6 Å². The maximum Gasteiger partial charge on any atom is 0.243 e. The van der Waals surface area contributed by atoms with Crippen molar-refractivity contribution in [2.24, 2.45) is 5.92 Å². The minimum atomic E-state index is -3.61. The molecule has 6 nitrogen and oxygen atoms in total. The highest BCUT2D eigenvalue weighted by atomic mass is 32.2. The minimum absolute atomic E-state index is 0.0487. The zero-order valence-corrected chi connectivity index (χ0v) is 21.3. The molecule has 0 aliphatic carbocycles. The van der Waals surface area contributed by atoms with E-state index in [1.165, 1.54) is 23.9 Å². The molecule has 2 atom stereocenters. The Morgan fingerprint density at radius 2 is 2.00 bits per heavy atom. The van der Waals surface area contributed by atoms with Crippen LogP contribution in [0, 0.1) is 17.6 Å². The van der Waals surface area contributed by atoms with E-state index in [0.717, 1.165) is 43.9 Å². The molecule has 2 saturated heterocycles. The van der Waals surface area contributed by atoms with E-state index in [2.05, 4.69) is 6.92 Å². The van der Waals surface area contributed by atoms with E-state index < -0.39 is 21.7 Å². The zero-order chi connectivity index (χ0) is 24.6. The van der Waals surface area contributed by atoms with Crippen LogP contribution in [0.3, 0.4) is 0 Å². The molecule has 2 fully saturated rings. The Kier molecular flexibility index (Phi) is 7.16. The van der Waals surface area contributed by atoms with E-state index in [-0.39, 0.29) is 16.8 Å².